The molecule has 1 unspecified atom stereocenters. The van der Waals surface area contributed by atoms with Crippen LogP contribution in [0, 0.1) is 0 Å². The van der Waals surface area contributed by atoms with E-state index in [2.05, 4.69) is 13.8 Å². The van der Waals surface area contributed by atoms with E-state index in [1.807, 2.05) is 45.4 Å². The van der Waals surface area contributed by atoms with Gasteiger partial charge in [-0.05, 0) is 25.7 Å². The highest BCUT2D eigenvalue weighted by Crippen LogP contribution is 2.43. The molecule has 0 amide bonds. The van der Waals surface area contributed by atoms with E-state index in [-0.39, 0.29) is 13.2 Å². The SMILES string of the molecule is CCCCCCCCCCCCC/C=C/C=C/C(=O)OC[C@@H](COP(=O)(O)OCC[N+](C)(C)C)OC(=O)/C=C/C=C/CCCCCCCCCCCCC. The average Bonchev–Trinajstić information content (AvgIpc) is 3.12. The largest absolute Gasteiger partial charge is 0.472 e. The van der Waals surface area contributed by atoms with Crippen LogP contribution in [0.4, 0.5) is 0 Å². The van der Waals surface area contributed by atoms with Gasteiger partial charge in [-0.2, -0.15) is 0 Å². The first-order chi connectivity index (χ1) is 26.0. The van der Waals surface area contributed by atoms with Crippen molar-refractivity contribution in [3.63, 3.8) is 0 Å². The van der Waals surface area contributed by atoms with Crippen LogP contribution in [0.25, 0.3) is 0 Å². The summed E-state index contributed by atoms with van der Waals surface area (Å²) < 4.78 is 33.8. The van der Waals surface area contributed by atoms with Crippen LogP contribution in [0.15, 0.2) is 48.6 Å². The maximum absolute atomic E-state index is 12.5. The molecule has 9 nitrogen and oxygen atoms in total. The number of nitrogens with zero attached hydrogens (tertiary/aromatic N) is 1. The summed E-state index contributed by atoms with van der Waals surface area (Å²) in [6.07, 6.45) is 42.9. The number of phosphoric acid groups is 1. The number of quaternary nitrogens is 1. The van der Waals surface area contributed by atoms with Crippen molar-refractivity contribution >= 4 is 19.8 Å². The number of esters is 2. The lowest BCUT2D eigenvalue weighted by molar-refractivity contribution is -0.870. The molecule has 0 bridgehead atoms. The summed E-state index contributed by atoms with van der Waals surface area (Å²) in [7, 11) is 1.38. The number of carbonyl (C=O) groups excluding carboxylic acids is 2. The fraction of sp³-hybridized carbons (Fsp3) is 0.773. The lowest BCUT2D eigenvalue weighted by Crippen LogP contribution is -2.37. The number of ether oxygens (including phenoxy) is 2. The van der Waals surface area contributed by atoms with E-state index in [0.29, 0.717) is 11.0 Å². The van der Waals surface area contributed by atoms with E-state index in [1.54, 1.807) is 12.2 Å². The number of unbranched alkanes of at least 4 members (excludes halogenated alkanes) is 22. The summed E-state index contributed by atoms with van der Waals surface area (Å²) in [5.41, 5.74) is 0. The van der Waals surface area contributed by atoms with Crippen LogP contribution in [0.1, 0.15) is 168 Å². The van der Waals surface area contributed by atoms with E-state index >= 15 is 0 Å². The number of allylic oxidation sites excluding steroid dienone is 6. The van der Waals surface area contributed by atoms with Crippen molar-refractivity contribution in [3.05, 3.63) is 48.6 Å². The highest BCUT2D eigenvalue weighted by Gasteiger charge is 2.26. The zero-order valence-electron chi connectivity index (χ0n) is 35.2. The Morgan fingerprint density at radius 1 is 0.574 bits per heavy atom. The molecule has 0 aromatic heterocycles. The first-order valence-corrected chi connectivity index (χ1v) is 22.9. The number of carbonyl (C=O) groups is 2. The third-order valence-electron chi connectivity index (χ3n) is 9.04. The zero-order chi connectivity index (χ0) is 40.0. The van der Waals surface area contributed by atoms with Crippen LogP contribution in [0.5, 0.6) is 0 Å². The predicted molar refractivity (Wildman–Crippen MR) is 224 cm³/mol. The summed E-state index contributed by atoms with van der Waals surface area (Å²) in [5, 5.41) is 0. The second kappa shape index (κ2) is 36.6. The molecule has 0 saturated carbocycles. The normalized spacial score (nSPS) is 14.1. The van der Waals surface area contributed by atoms with E-state index in [9.17, 15) is 19.0 Å². The summed E-state index contributed by atoms with van der Waals surface area (Å²) in [6.45, 7) is 4.16. The number of hydrogen-bond donors (Lipinski definition) is 1. The minimum Gasteiger partial charge on any atom is -0.458 e. The number of likely N-dealkylation sites (N-methyl/N-ethyl adjacent to an activating group) is 1. The molecule has 0 aromatic carbocycles. The molecule has 0 aliphatic rings. The van der Waals surface area contributed by atoms with Gasteiger partial charge in [-0.3, -0.25) is 9.05 Å². The van der Waals surface area contributed by atoms with E-state index < -0.39 is 32.5 Å². The monoisotopic (exact) mass is 783 g/mol. The van der Waals surface area contributed by atoms with Crippen LogP contribution in [0.3, 0.4) is 0 Å². The van der Waals surface area contributed by atoms with E-state index in [1.165, 1.54) is 141 Å². The van der Waals surface area contributed by atoms with Crippen LogP contribution in [0.2, 0.25) is 0 Å². The molecule has 0 aliphatic heterocycles. The van der Waals surface area contributed by atoms with Crippen molar-refractivity contribution in [2.45, 2.75) is 174 Å². The van der Waals surface area contributed by atoms with E-state index in [0.717, 1.165) is 25.7 Å². The number of rotatable bonds is 38. The molecule has 0 radical (unpaired) electrons. The van der Waals surface area contributed by atoms with Crippen molar-refractivity contribution in [2.75, 3.05) is 47.5 Å². The smallest absolute Gasteiger partial charge is 0.458 e. The molecule has 0 aliphatic carbocycles. The van der Waals surface area contributed by atoms with Crippen LogP contribution in [-0.2, 0) is 32.7 Å². The van der Waals surface area contributed by atoms with Gasteiger partial charge in [0.25, 0.3) is 0 Å². The van der Waals surface area contributed by atoms with Crippen molar-refractivity contribution in [2.24, 2.45) is 0 Å². The quantitative estimate of drug-likeness (QED) is 0.0165. The Kier molecular flexibility index (Phi) is 35.2. The summed E-state index contributed by atoms with van der Waals surface area (Å²) >= 11 is 0. The number of phosphoric ester groups is 1. The van der Waals surface area contributed by atoms with Crippen molar-refractivity contribution in [1.82, 2.24) is 0 Å². The Bertz CT molecular complexity index is 1070. The van der Waals surface area contributed by atoms with Gasteiger partial charge in [0.15, 0.2) is 6.10 Å². The molecule has 54 heavy (non-hydrogen) atoms. The summed E-state index contributed by atoms with van der Waals surface area (Å²) in [5.74, 6) is -1.30. The minimum atomic E-state index is -4.42. The molecule has 0 spiro atoms. The van der Waals surface area contributed by atoms with Crippen molar-refractivity contribution < 1.29 is 42.1 Å². The Labute approximate surface area is 331 Å². The Balaban J connectivity index is 4.59. The van der Waals surface area contributed by atoms with Crippen molar-refractivity contribution in [1.29, 1.82) is 0 Å². The molecule has 2 atom stereocenters. The molecule has 0 fully saturated rings. The van der Waals surface area contributed by atoms with Gasteiger partial charge in [0.05, 0.1) is 27.7 Å². The Morgan fingerprint density at radius 2 is 0.981 bits per heavy atom. The Hall–Kier alpha value is -2.03. The van der Waals surface area contributed by atoms with Gasteiger partial charge < -0.3 is 18.9 Å². The first-order valence-electron chi connectivity index (χ1n) is 21.4. The molecule has 1 N–H and O–H groups in total. The van der Waals surface area contributed by atoms with Gasteiger partial charge >= 0.3 is 19.8 Å². The summed E-state index contributed by atoms with van der Waals surface area (Å²) in [4.78, 5) is 35.0. The lowest BCUT2D eigenvalue weighted by Gasteiger charge is -2.24. The van der Waals surface area contributed by atoms with Crippen molar-refractivity contribution in [3.8, 4) is 0 Å². The molecule has 0 saturated heterocycles. The first kappa shape index (κ1) is 52.0. The highest BCUT2D eigenvalue weighted by molar-refractivity contribution is 7.47. The zero-order valence-corrected chi connectivity index (χ0v) is 36.1. The third-order valence-corrected chi connectivity index (χ3v) is 10.0. The van der Waals surface area contributed by atoms with Gasteiger partial charge in [0, 0.05) is 12.2 Å². The second-order valence-corrected chi connectivity index (χ2v) is 17.0. The molecule has 0 aromatic rings. The fourth-order valence-corrected chi connectivity index (χ4v) is 6.40. The van der Waals surface area contributed by atoms with Gasteiger partial charge in [-0.1, -0.05) is 179 Å². The predicted octanol–water partition coefficient (Wildman–Crippen LogP) is 11.9. The standard InChI is InChI=1S/C44H80NO8P/c1-6-8-10-12-14-16-18-20-22-24-26-28-30-32-34-36-43(46)50-40-42(41-52-54(48,49)51-39-38-45(3,4)5)53-44(47)37-35-33-31-29-27-25-23-21-19-17-15-13-11-9-7-2/h30-37,42H,6-29,38-41H2,1-5H3/p+1/b32-30+,33-31+,36-34+,37-35+/t42-/m0/s1. The maximum Gasteiger partial charge on any atom is 0.472 e. The average molecular weight is 783 g/mol. The molecule has 0 heterocycles. The van der Waals surface area contributed by atoms with E-state index in [4.69, 9.17) is 18.5 Å². The molecular weight excluding hydrogens is 701 g/mol. The summed E-state index contributed by atoms with van der Waals surface area (Å²) in [6, 6.07) is 0. The highest BCUT2D eigenvalue weighted by atomic mass is 31.2. The maximum atomic E-state index is 12.5. The lowest BCUT2D eigenvalue weighted by atomic mass is 10.1. The molecule has 0 rings (SSSR count). The van der Waals surface area contributed by atoms with Gasteiger partial charge in [0.2, 0.25) is 0 Å². The number of hydrogen-bond acceptors (Lipinski definition) is 7. The second-order valence-electron chi connectivity index (χ2n) is 15.5. The van der Waals surface area contributed by atoms with Gasteiger partial charge in [0.1, 0.15) is 19.8 Å². The molecular formula is C44H81NO8P+. The molecule has 314 valence electrons. The molecule has 10 heteroatoms. The van der Waals surface area contributed by atoms with Crippen LogP contribution in [-0.4, -0.2) is 74.9 Å². The van der Waals surface area contributed by atoms with Crippen LogP contribution >= 0.6 is 7.82 Å². The third kappa shape index (κ3) is 39.7. The topological polar surface area (TPSA) is 108 Å². The van der Waals surface area contributed by atoms with Gasteiger partial charge in [-0.25, -0.2) is 14.2 Å². The van der Waals surface area contributed by atoms with Gasteiger partial charge in [-0.15, -0.1) is 0 Å². The van der Waals surface area contributed by atoms with Crippen LogP contribution < -0.4 is 0 Å². The minimum absolute atomic E-state index is 0.00253. The fourth-order valence-electron chi connectivity index (χ4n) is 5.66. The Morgan fingerprint density at radius 3 is 1.41 bits per heavy atom.